The Hall–Kier alpha value is -3.09. The molecule has 0 aliphatic carbocycles. The number of aliphatic carboxylic acids is 1. The first kappa shape index (κ1) is 18.3. The Morgan fingerprint density at radius 2 is 2.00 bits per heavy atom. The zero-order valence-corrected chi connectivity index (χ0v) is 14.4. The molecule has 2 N–H and O–H groups in total. The maximum atomic E-state index is 12.7. The summed E-state index contributed by atoms with van der Waals surface area (Å²) < 4.78 is 5.29. The molecule has 0 bridgehead atoms. The lowest BCUT2D eigenvalue weighted by atomic mass is 10.1. The van der Waals surface area contributed by atoms with Crippen molar-refractivity contribution in [1.82, 2.24) is 9.88 Å². The zero-order valence-electron chi connectivity index (χ0n) is 14.4. The van der Waals surface area contributed by atoms with Gasteiger partial charge in [-0.15, -0.1) is 0 Å². The number of methoxy groups -OCH3 is 1. The van der Waals surface area contributed by atoms with Crippen LogP contribution in [0.15, 0.2) is 42.6 Å². The summed E-state index contributed by atoms with van der Waals surface area (Å²) >= 11 is 0. The van der Waals surface area contributed by atoms with Gasteiger partial charge in [-0.2, -0.15) is 0 Å². The molecule has 1 heterocycles. The molecular formula is C18H21N3O4. The average molecular weight is 343 g/mol. The van der Waals surface area contributed by atoms with Crippen LogP contribution >= 0.6 is 0 Å². The highest BCUT2D eigenvalue weighted by atomic mass is 16.5. The van der Waals surface area contributed by atoms with Crippen molar-refractivity contribution in [2.24, 2.45) is 5.92 Å². The Balaban J connectivity index is 2.25. The largest absolute Gasteiger partial charge is 0.495 e. The molecule has 1 unspecified atom stereocenters. The van der Waals surface area contributed by atoms with Crippen LogP contribution in [0, 0.1) is 5.92 Å². The van der Waals surface area contributed by atoms with Crippen LogP contribution in [-0.4, -0.2) is 47.6 Å². The van der Waals surface area contributed by atoms with Gasteiger partial charge in [0.05, 0.1) is 24.3 Å². The lowest BCUT2D eigenvalue weighted by molar-refractivity contribution is -0.141. The molecule has 1 aromatic carbocycles. The molecule has 0 fully saturated rings. The summed E-state index contributed by atoms with van der Waals surface area (Å²) in [6.07, 6.45) is 1.58. The first-order valence-corrected chi connectivity index (χ1v) is 7.77. The Labute approximate surface area is 146 Å². The van der Waals surface area contributed by atoms with E-state index in [0.717, 1.165) is 0 Å². The number of benzene rings is 1. The van der Waals surface area contributed by atoms with E-state index in [9.17, 15) is 9.59 Å². The van der Waals surface area contributed by atoms with Crippen LogP contribution in [0.5, 0.6) is 5.75 Å². The number of aromatic nitrogens is 1. The molecule has 25 heavy (non-hydrogen) atoms. The number of nitrogens with zero attached hydrogens (tertiary/aromatic N) is 2. The van der Waals surface area contributed by atoms with E-state index in [1.165, 1.54) is 4.90 Å². The van der Waals surface area contributed by atoms with Crippen LogP contribution in [0.25, 0.3) is 0 Å². The number of pyridine rings is 1. The number of ether oxygens (including phenoxy) is 1. The van der Waals surface area contributed by atoms with Crippen molar-refractivity contribution in [1.29, 1.82) is 0 Å². The van der Waals surface area contributed by atoms with Gasteiger partial charge in [-0.05, 0) is 24.3 Å². The summed E-state index contributed by atoms with van der Waals surface area (Å²) in [6.45, 7) is 1.67. The van der Waals surface area contributed by atoms with Crippen molar-refractivity contribution in [3.8, 4) is 5.75 Å². The Morgan fingerprint density at radius 3 is 2.68 bits per heavy atom. The van der Waals surface area contributed by atoms with Crippen LogP contribution < -0.4 is 10.1 Å². The molecule has 132 valence electrons. The van der Waals surface area contributed by atoms with Crippen molar-refractivity contribution in [2.75, 3.05) is 26.0 Å². The molecule has 2 rings (SSSR count). The molecule has 1 aromatic heterocycles. The summed E-state index contributed by atoms with van der Waals surface area (Å²) in [5, 5.41) is 12.1. The molecule has 0 radical (unpaired) electrons. The quantitative estimate of drug-likeness (QED) is 0.803. The lowest BCUT2D eigenvalue weighted by Crippen LogP contribution is -2.34. The lowest BCUT2D eigenvalue weighted by Gasteiger charge is -2.21. The van der Waals surface area contributed by atoms with E-state index in [1.54, 1.807) is 45.5 Å². The smallest absolute Gasteiger partial charge is 0.308 e. The predicted molar refractivity (Wildman–Crippen MR) is 94.3 cm³/mol. The van der Waals surface area contributed by atoms with Crippen molar-refractivity contribution in [2.45, 2.75) is 6.92 Å². The van der Waals surface area contributed by atoms with Crippen LogP contribution in [0.4, 0.5) is 11.5 Å². The van der Waals surface area contributed by atoms with E-state index < -0.39 is 11.9 Å². The minimum absolute atomic E-state index is 0.108. The molecule has 1 amide bonds. The second-order valence-corrected chi connectivity index (χ2v) is 5.65. The van der Waals surface area contributed by atoms with Gasteiger partial charge in [0.25, 0.3) is 5.91 Å². The summed E-state index contributed by atoms with van der Waals surface area (Å²) in [5.41, 5.74) is 1.04. The maximum absolute atomic E-state index is 12.7. The third-order valence-electron chi connectivity index (χ3n) is 3.71. The van der Waals surface area contributed by atoms with E-state index in [2.05, 4.69) is 10.3 Å². The number of hydrogen-bond acceptors (Lipinski definition) is 5. The second kappa shape index (κ2) is 8.14. The molecule has 0 aliphatic rings. The Morgan fingerprint density at radius 1 is 1.28 bits per heavy atom. The Bertz CT molecular complexity index is 763. The maximum Gasteiger partial charge on any atom is 0.308 e. The summed E-state index contributed by atoms with van der Waals surface area (Å²) in [6, 6.07) is 10.6. The first-order valence-electron chi connectivity index (χ1n) is 7.77. The summed E-state index contributed by atoms with van der Waals surface area (Å²) in [7, 11) is 3.13. The highest BCUT2D eigenvalue weighted by Gasteiger charge is 2.21. The van der Waals surface area contributed by atoms with Gasteiger partial charge < -0.3 is 20.1 Å². The van der Waals surface area contributed by atoms with Crippen LogP contribution in [0.1, 0.15) is 17.3 Å². The van der Waals surface area contributed by atoms with Gasteiger partial charge in [0, 0.05) is 19.8 Å². The standard InChI is InChI=1S/C18H21N3O4/c1-12(18(23)24)11-21(2)17(22)13-7-6-10-19-16(13)20-14-8-4-5-9-15(14)25-3/h4-10,12H,11H2,1-3H3,(H,19,20)(H,23,24). The molecule has 0 aliphatic heterocycles. The first-order chi connectivity index (χ1) is 11.9. The highest BCUT2D eigenvalue weighted by molar-refractivity contribution is 5.99. The van der Waals surface area contributed by atoms with Crippen LogP contribution in [0.2, 0.25) is 0 Å². The zero-order chi connectivity index (χ0) is 18.4. The van der Waals surface area contributed by atoms with Gasteiger partial charge >= 0.3 is 5.97 Å². The summed E-state index contributed by atoms with van der Waals surface area (Å²) in [4.78, 5) is 29.3. The van der Waals surface area contributed by atoms with Gasteiger partial charge in [0.2, 0.25) is 0 Å². The number of nitrogens with one attached hydrogen (secondary N) is 1. The number of carboxylic acid groups (broad SMARTS) is 1. The molecular weight excluding hydrogens is 322 g/mol. The molecule has 2 aromatic rings. The average Bonchev–Trinajstić information content (AvgIpc) is 2.61. The number of carboxylic acids is 1. The fourth-order valence-electron chi connectivity index (χ4n) is 2.33. The fourth-order valence-corrected chi connectivity index (χ4v) is 2.33. The molecule has 0 saturated heterocycles. The SMILES string of the molecule is COc1ccccc1Nc1ncccc1C(=O)N(C)CC(C)C(=O)O. The monoisotopic (exact) mass is 343 g/mol. The molecule has 7 nitrogen and oxygen atoms in total. The van der Waals surface area contributed by atoms with Gasteiger partial charge in [0.15, 0.2) is 0 Å². The third-order valence-corrected chi connectivity index (χ3v) is 3.71. The van der Waals surface area contributed by atoms with Crippen molar-refractivity contribution >= 4 is 23.4 Å². The molecule has 0 spiro atoms. The van der Waals surface area contributed by atoms with Gasteiger partial charge in [-0.25, -0.2) is 4.98 Å². The number of anilines is 2. The number of para-hydroxylation sites is 2. The molecule has 7 heteroatoms. The molecule has 0 saturated carbocycles. The number of carbonyl (C=O) groups excluding carboxylic acids is 1. The number of rotatable bonds is 7. The van der Waals surface area contributed by atoms with E-state index >= 15 is 0 Å². The van der Waals surface area contributed by atoms with E-state index in [-0.39, 0.29) is 12.5 Å². The number of amides is 1. The predicted octanol–water partition coefficient (Wildman–Crippen LogP) is 2.63. The van der Waals surface area contributed by atoms with Gasteiger partial charge in [-0.3, -0.25) is 9.59 Å². The molecule has 1 atom stereocenters. The van der Waals surface area contributed by atoms with Gasteiger partial charge in [-0.1, -0.05) is 19.1 Å². The van der Waals surface area contributed by atoms with Crippen molar-refractivity contribution in [3.05, 3.63) is 48.2 Å². The Kier molecular flexibility index (Phi) is 5.94. The van der Waals surface area contributed by atoms with Crippen molar-refractivity contribution in [3.63, 3.8) is 0 Å². The number of hydrogen-bond donors (Lipinski definition) is 2. The summed E-state index contributed by atoms with van der Waals surface area (Å²) in [5.74, 6) is -0.903. The van der Waals surface area contributed by atoms with E-state index in [0.29, 0.717) is 22.8 Å². The van der Waals surface area contributed by atoms with E-state index in [4.69, 9.17) is 9.84 Å². The minimum Gasteiger partial charge on any atom is -0.495 e. The topological polar surface area (TPSA) is 91.8 Å². The van der Waals surface area contributed by atoms with Crippen LogP contribution in [-0.2, 0) is 4.79 Å². The normalized spacial score (nSPS) is 11.5. The highest BCUT2D eigenvalue weighted by Crippen LogP contribution is 2.27. The number of carbonyl (C=O) groups is 2. The van der Waals surface area contributed by atoms with Crippen LogP contribution in [0.3, 0.4) is 0 Å². The second-order valence-electron chi connectivity index (χ2n) is 5.65. The van der Waals surface area contributed by atoms with Crippen molar-refractivity contribution < 1.29 is 19.4 Å². The minimum atomic E-state index is -0.946. The third kappa shape index (κ3) is 4.47. The van der Waals surface area contributed by atoms with Gasteiger partial charge in [0.1, 0.15) is 11.6 Å². The van der Waals surface area contributed by atoms with E-state index in [1.807, 2.05) is 18.2 Å². The fraction of sp³-hybridized carbons (Fsp3) is 0.278.